The van der Waals surface area contributed by atoms with Crippen LogP contribution in [0, 0.1) is 5.92 Å². The van der Waals surface area contributed by atoms with Gasteiger partial charge in [-0.25, -0.2) is 0 Å². The number of halogens is 1. The van der Waals surface area contributed by atoms with E-state index in [-0.39, 0.29) is 5.60 Å². The van der Waals surface area contributed by atoms with E-state index >= 15 is 0 Å². The Bertz CT molecular complexity index is 753. The molecule has 2 aromatic carbocycles. The Balaban J connectivity index is 2.00. The summed E-state index contributed by atoms with van der Waals surface area (Å²) < 4.78 is 6.42. The summed E-state index contributed by atoms with van der Waals surface area (Å²) in [7, 11) is 0. The van der Waals surface area contributed by atoms with Gasteiger partial charge >= 0.3 is 0 Å². The van der Waals surface area contributed by atoms with Crippen molar-refractivity contribution in [3.05, 3.63) is 69.2 Å². The minimum Gasteiger partial charge on any atom is -0.367 e. The number of hydrogen-bond donors (Lipinski definition) is 0. The molecular weight excluding hydrogens is 340 g/mol. The van der Waals surface area contributed by atoms with Crippen molar-refractivity contribution in [1.82, 2.24) is 0 Å². The van der Waals surface area contributed by atoms with Crippen LogP contribution >= 0.6 is 11.6 Å². The summed E-state index contributed by atoms with van der Waals surface area (Å²) in [6, 6.07) is 13.2. The molecule has 3 atom stereocenters. The molecule has 1 saturated heterocycles. The minimum atomic E-state index is -0.213. The van der Waals surface area contributed by atoms with E-state index in [1.54, 1.807) is 0 Å². The molecule has 0 radical (unpaired) electrons. The summed E-state index contributed by atoms with van der Waals surface area (Å²) in [6.07, 6.45) is 4.28. The Morgan fingerprint density at radius 3 is 2.15 bits per heavy atom. The van der Waals surface area contributed by atoms with Crippen LogP contribution in [-0.2, 0) is 29.6 Å². The number of ether oxygens (including phenoxy) is 1. The van der Waals surface area contributed by atoms with Crippen molar-refractivity contribution in [1.29, 1.82) is 0 Å². The molecule has 1 aliphatic rings. The molecule has 1 nitrogen and oxygen atoms in total. The predicted octanol–water partition coefficient (Wildman–Crippen LogP) is 6.72. The Kier molecular flexibility index (Phi) is 5.79. The summed E-state index contributed by atoms with van der Waals surface area (Å²) in [5, 5.41) is 0.868. The number of rotatable bonds is 5. The summed E-state index contributed by atoms with van der Waals surface area (Å²) in [5.74, 6) is 0.574. The first kappa shape index (κ1) is 19.5. The molecule has 0 spiro atoms. The highest BCUT2D eigenvalue weighted by atomic mass is 35.5. The van der Waals surface area contributed by atoms with Gasteiger partial charge in [0.2, 0.25) is 0 Å². The summed E-state index contributed by atoms with van der Waals surface area (Å²) in [4.78, 5) is 0. The highest BCUT2D eigenvalue weighted by Gasteiger charge is 2.41. The van der Waals surface area contributed by atoms with E-state index in [1.807, 2.05) is 0 Å². The Morgan fingerprint density at radius 1 is 0.962 bits per heavy atom. The largest absolute Gasteiger partial charge is 0.367 e. The zero-order valence-electron chi connectivity index (χ0n) is 16.7. The Hall–Kier alpha value is -1.31. The molecule has 1 heterocycles. The molecule has 0 bridgehead atoms. The second-order valence-electron chi connectivity index (χ2n) is 7.99. The molecule has 2 heteroatoms. The zero-order valence-corrected chi connectivity index (χ0v) is 17.5. The van der Waals surface area contributed by atoms with Gasteiger partial charge in [-0.2, -0.15) is 0 Å². The molecule has 26 heavy (non-hydrogen) atoms. The van der Waals surface area contributed by atoms with E-state index in [0.717, 1.165) is 30.7 Å². The zero-order chi connectivity index (χ0) is 18.9. The summed E-state index contributed by atoms with van der Waals surface area (Å²) in [6.45, 7) is 11.1. The summed E-state index contributed by atoms with van der Waals surface area (Å²) >= 11 is 6.66. The van der Waals surface area contributed by atoms with E-state index in [4.69, 9.17) is 16.3 Å². The molecule has 0 aromatic heterocycles. The van der Waals surface area contributed by atoms with Gasteiger partial charge in [0.15, 0.2) is 0 Å². The molecule has 0 saturated carbocycles. The number of aryl methyl sites for hydroxylation is 1. The van der Waals surface area contributed by atoms with Gasteiger partial charge in [-0.1, -0.05) is 62.7 Å². The van der Waals surface area contributed by atoms with Crippen LogP contribution in [0.4, 0.5) is 0 Å². The fourth-order valence-electron chi connectivity index (χ4n) is 4.38. The minimum absolute atomic E-state index is 0.213. The third-order valence-electron chi connectivity index (χ3n) is 6.07. The Labute approximate surface area is 163 Å². The van der Waals surface area contributed by atoms with Crippen LogP contribution in [-0.4, -0.2) is 6.10 Å². The van der Waals surface area contributed by atoms with Crippen molar-refractivity contribution >= 4 is 11.6 Å². The van der Waals surface area contributed by atoms with Gasteiger partial charge in [-0.15, -0.1) is 0 Å². The summed E-state index contributed by atoms with van der Waals surface area (Å²) in [5.41, 5.74) is 6.42. The third kappa shape index (κ3) is 3.70. The van der Waals surface area contributed by atoms with Gasteiger partial charge in [-0.05, 0) is 79.3 Å². The van der Waals surface area contributed by atoms with Crippen molar-refractivity contribution in [3.63, 3.8) is 0 Å². The van der Waals surface area contributed by atoms with Gasteiger partial charge in [0.25, 0.3) is 0 Å². The maximum Gasteiger partial charge on any atom is 0.0913 e. The van der Waals surface area contributed by atoms with E-state index in [1.165, 1.54) is 27.8 Å². The first-order valence-electron chi connectivity index (χ1n) is 9.94. The maximum atomic E-state index is 6.66. The average Bonchev–Trinajstić information content (AvgIpc) is 2.90. The van der Waals surface area contributed by atoms with Crippen molar-refractivity contribution < 1.29 is 4.74 Å². The second kappa shape index (κ2) is 7.74. The van der Waals surface area contributed by atoms with E-state index in [0.29, 0.717) is 12.0 Å². The third-order valence-corrected chi connectivity index (χ3v) is 6.42. The molecular formula is C24H31ClO. The molecule has 0 amide bonds. The van der Waals surface area contributed by atoms with E-state index in [2.05, 4.69) is 71.0 Å². The fraction of sp³-hybridized carbons (Fsp3) is 0.500. The lowest BCUT2D eigenvalue weighted by Crippen LogP contribution is -2.24. The highest BCUT2D eigenvalue weighted by molar-refractivity contribution is 6.31. The van der Waals surface area contributed by atoms with Crippen LogP contribution in [0.5, 0.6) is 0 Å². The average molecular weight is 371 g/mol. The van der Waals surface area contributed by atoms with Gasteiger partial charge in [-0.3, -0.25) is 0 Å². The van der Waals surface area contributed by atoms with Crippen LogP contribution in [0.2, 0.25) is 5.02 Å². The van der Waals surface area contributed by atoms with Crippen molar-refractivity contribution in [2.75, 3.05) is 0 Å². The monoisotopic (exact) mass is 370 g/mol. The molecule has 3 unspecified atom stereocenters. The quantitative estimate of drug-likeness (QED) is 0.567. The normalized spacial score (nSPS) is 25.6. The number of hydrogen-bond acceptors (Lipinski definition) is 1. The van der Waals surface area contributed by atoms with Crippen molar-refractivity contribution in [2.45, 2.75) is 72.0 Å². The lowest BCUT2D eigenvalue weighted by Gasteiger charge is -2.29. The topological polar surface area (TPSA) is 9.23 Å². The lowest BCUT2D eigenvalue weighted by molar-refractivity contribution is -0.0285. The number of benzene rings is 2. The first-order chi connectivity index (χ1) is 12.4. The van der Waals surface area contributed by atoms with Crippen LogP contribution in [0.15, 0.2) is 36.4 Å². The van der Waals surface area contributed by atoms with Crippen molar-refractivity contribution in [2.24, 2.45) is 5.92 Å². The molecule has 1 fully saturated rings. The van der Waals surface area contributed by atoms with Gasteiger partial charge < -0.3 is 4.74 Å². The molecule has 1 aliphatic heterocycles. The van der Waals surface area contributed by atoms with Gasteiger partial charge in [0.05, 0.1) is 11.7 Å². The Morgan fingerprint density at radius 2 is 1.62 bits per heavy atom. The van der Waals surface area contributed by atoms with E-state index in [9.17, 15) is 0 Å². The van der Waals surface area contributed by atoms with Crippen molar-refractivity contribution in [3.8, 4) is 0 Å². The molecule has 0 aliphatic carbocycles. The second-order valence-corrected chi connectivity index (χ2v) is 8.39. The first-order valence-corrected chi connectivity index (χ1v) is 10.3. The standard InChI is InChI=1S/C24H31ClO/c1-6-18-8-10-19(11-9-18)14-21-20(7-2)22(12-13-23(21)25)24(5)15-16(3)17(4)26-24/h8-13,16-17H,6-7,14-15H2,1-5H3. The van der Waals surface area contributed by atoms with Gasteiger partial charge in [0, 0.05) is 5.02 Å². The highest BCUT2D eigenvalue weighted by Crippen LogP contribution is 2.45. The van der Waals surface area contributed by atoms with Crippen LogP contribution < -0.4 is 0 Å². The predicted molar refractivity (Wildman–Crippen MR) is 111 cm³/mol. The maximum absolute atomic E-state index is 6.66. The molecule has 140 valence electrons. The molecule has 3 rings (SSSR count). The van der Waals surface area contributed by atoms with Crippen LogP contribution in [0.25, 0.3) is 0 Å². The smallest absolute Gasteiger partial charge is 0.0913 e. The lowest BCUT2D eigenvalue weighted by atomic mass is 9.82. The van der Waals surface area contributed by atoms with Gasteiger partial charge in [0.1, 0.15) is 0 Å². The van der Waals surface area contributed by atoms with Crippen LogP contribution in [0.3, 0.4) is 0 Å². The fourth-order valence-corrected chi connectivity index (χ4v) is 4.62. The molecule has 0 N–H and O–H groups in total. The molecule has 2 aromatic rings. The van der Waals surface area contributed by atoms with E-state index < -0.39 is 0 Å². The SMILES string of the molecule is CCc1ccc(Cc2c(Cl)ccc(C3(C)CC(C)C(C)O3)c2CC)cc1. The van der Waals surface area contributed by atoms with Crippen LogP contribution in [0.1, 0.15) is 68.9 Å².